The van der Waals surface area contributed by atoms with E-state index in [4.69, 9.17) is 4.98 Å². The molecule has 28 heavy (non-hydrogen) atoms. The molecule has 0 bridgehead atoms. The maximum Gasteiger partial charge on any atom is 0.247 e. The van der Waals surface area contributed by atoms with Gasteiger partial charge in [-0.3, -0.25) is 9.69 Å². The van der Waals surface area contributed by atoms with Gasteiger partial charge in [0.25, 0.3) is 0 Å². The number of anilines is 3. The molecular formula is C22H27N5O. The lowest BCUT2D eigenvalue weighted by atomic mass is 10.1. The van der Waals surface area contributed by atoms with E-state index in [1.54, 1.807) is 0 Å². The van der Waals surface area contributed by atoms with Crippen LogP contribution in [0, 0.1) is 6.92 Å². The van der Waals surface area contributed by atoms with Gasteiger partial charge in [-0.1, -0.05) is 12.1 Å². The summed E-state index contributed by atoms with van der Waals surface area (Å²) in [5, 5.41) is 3.07. The summed E-state index contributed by atoms with van der Waals surface area (Å²) in [5.41, 5.74) is 4.67. The van der Waals surface area contributed by atoms with E-state index >= 15 is 0 Å². The van der Waals surface area contributed by atoms with Crippen molar-refractivity contribution in [3.05, 3.63) is 47.7 Å². The third-order valence-corrected chi connectivity index (χ3v) is 6.15. The van der Waals surface area contributed by atoms with E-state index < -0.39 is 0 Å². The molecule has 3 aliphatic heterocycles. The van der Waals surface area contributed by atoms with Gasteiger partial charge >= 0.3 is 0 Å². The van der Waals surface area contributed by atoms with Gasteiger partial charge in [-0.25, -0.2) is 4.98 Å². The summed E-state index contributed by atoms with van der Waals surface area (Å²) in [5.74, 6) is 1.06. The quantitative estimate of drug-likeness (QED) is 0.891. The Morgan fingerprint density at radius 1 is 1.14 bits per heavy atom. The summed E-state index contributed by atoms with van der Waals surface area (Å²) in [6.45, 7) is 8.09. The highest BCUT2D eigenvalue weighted by Crippen LogP contribution is 2.35. The van der Waals surface area contributed by atoms with Crippen LogP contribution in [0.4, 0.5) is 17.2 Å². The van der Waals surface area contributed by atoms with Crippen molar-refractivity contribution in [2.75, 3.05) is 47.8 Å². The Labute approximate surface area is 166 Å². The number of fused-ring (bicyclic) bond motifs is 3. The fraction of sp³-hybridized carbons (Fsp3) is 0.455. The first-order valence-electron chi connectivity index (χ1n) is 10.3. The average Bonchev–Trinajstić information content (AvgIpc) is 3.19. The van der Waals surface area contributed by atoms with Crippen LogP contribution in [0.2, 0.25) is 0 Å². The van der Waals surface area contributed by atoms with Gasteiger partial charge in [-0.05, 0) is 49.1 Å². The minimum atomic E-state index is -0.0273. The highest BCUT2D eigenvalue weighted by molar-refractivity contribution is 6.03. The summed E-state index contributed by atoms with van der Waals surface area (Å²) >= 11 is 0. The van der Waals surface area contributed by atoms with Crippen molar-refractivity contribution in [2.45, 2.75) is 32.4 Å². The van der Waals surface area contributed by atoms with Crippen molar-refractivity contribution >= 4 is 23.1 Å². The Bertz CT molecular complexity index is 890. The van der Waals surface area contributed by atoms with Gasteiger partial charge in [0.05, 0.1) is 5.69 Å². The van der Waals surface area contributed by atoms with E-state index in [9.17, 15) is 4.79 Å². The van der Waals surface area contributed by atoms with Gasteiger partial charge in [0.1, 0.15) is 6.04 Å². The lowest BCUT2D eigenvalue weighted by Gasteiger charge is -2.36. The molecular weight excluding hydrogens is 350 g/mol. The standard InChI is InChI=1S/C22H27N5O/c1-16-4-2-5-18(12-16)26-10-8-25(9-11-26)15-17-13-19-21(23-14-17)27-7-3-6-20(27)22(28)24-19/h2,4-5,12-14,20H,3,6-11,15H2,1H3,(H,24,28). The molecule has 1 aromatic heterocycles. The second-order valence-corrected chi connectivity index (χ2v) is 8.16. The number of nitrogens with zero attached hydrogens (tertiary/aromatic N) is 4. The molecule has 3 aliphatic rings. The molecule has 1 N–H and O–H groups in total. The Balaban J connectivity index is 1.24. The van der Waals surface area contributed by atoms with Gasteiger partial charge in [-0.2, -0.15) is 0 Å². The number of rotatable bonds is 3. The molecule has 6 heteroatoms. The van der Waals surface area contributed by atoms with Crippen LogP contribution in [0.3, 0.4) is 0 Å². The molecule has 0 spiro atoms. The van der Waals surface area contributed by atoms with E-state index in [0.717, 1.165) is 63.6 Å². The van der Waals surface area contributed by atoms with Crippen LogP contribution < -0.4 is 15.1 Å². The maximum atomic E-state index is 12.3. The van der Waals surface area contributed by atoms with Crippen LogP contribution in [0.1, 0.15) is 24.0 Å². The Morgan fingerprint density at radius 3 is 2.82 bits per heavy atom. The Morgan fingerprint density at radius 2 is 2.00 bits per heavy atom. The third kappa shape index (κ3) is 3.22. The highest BCUT2D eigenvalue weighted by atomic mass is 16.2. The second-order valence-electron chi connectivity index (χ2n) is 8.16. The van der Waals surface area contributed by atoms with Crippen LogP contribution in [0.5, 0.6) is 0 Å². The summed E-state index contributed by atoms with van der Waals surface area (Å²) in [4.78, 5) is 24.1. The number of aryl methyl sites for hydroxylation is 1. The largest absolute Gasteiger partial charge is 0.369 e. The molecule has 0 saturated carbocycles. The zero-order chi connectivity index (χ0) is 19.1. The summed E-state index contributed by atoms with van der Waals surface area (Å²) in [6, 6.07) is 10.8. The number of hydrogen-bond acceptors (Lipinski definition) is 5. The molecule has 146 valence electrons. The van der Waals surface area contributed by atoms with E-state index in [-0.39, 0.29) is 11.9 Å². The fourth-order valence-corrected chi connectivity index (χ4v) is 4.66. The Kier molecular flexibility index (Phi) is 4.43. The molecule has 0 radical (unpaired) electrons. The predicted octanol–water partition coefficient (Wildman–Crippen LogP) is 2.63. The molecule has 5 rings (SSSR count). The number of piperazine rings is 1. The first kappa shape index (κ1) is 17.5. The van der Waals surface area contributed by atoms with E-state index in [2.05, 4.69) is 57.3 Å². The molecule has 6 nitrogen and oxygen atoms in total. The number of carbonyl (C=O) groups is 1. The molecule has 1 aromatic carbocycles. The van der Waals surface area contributed by atoms with Crippen LogP contribution in [0.25, 0.3) is 0 Å². The number of carbonyl (C=O) groups excluding carboxylic acids is 1. The molecule has 1 atom stereocenters. The number of aromatic nitrogens is 1. The van der Waals surface area contributed by atoms with Crippen LogP contribution in [-0.2, 0) is 11.3 Å². The van der Waals surface area contributed by atoms with Gasteiger partial charge in [0.2, 0.25) is 5.91 Å². The van der Waals surface area contributed by atoms with Crippen molar-refractivity contribution in [1.29, 1.82) is 0 Å². The third-order valence-electron chi connectivity index (χ3n) is 6.15. The number of amides is 1. The molecule has 1 amide bonds. The molecule has 2 aromatic rings. The number of benzene rings is 1. The topological polar surface area (TPSA) is 51.7 Å². The van der Waals surface area contributed by atoms with Crippen molar-refractivity contribution in [3.63, 3.8) is 0 Å². The molecule has 0 aliphatic carbocycles. The molecule has 1 unspecified atom stereocenters. The van der Waals surface area contributed by atoms with Crippen LogP contribution >= 0.6 is 0 Å². The normalized spacial score (nSPS) is 22.0. The summed E-state index contributed by atoms with van der Waals surface area (Å²) < 4.78 is 0. The average molecular weight is 377 g/mol. The Hall–Kier alpha value is -2.60. The van der Waals surface area contributed by atoms with Gasteiger partial charge in [-0.15, -0.1) is 0 Å². The maximum absolute atomic E-state index is 12.3. The number of hydrogen-bond donors (Lipinski definition) is 1. The smallest absolute Gasteiger partial charge is 0.247 e. The van der Waals surface area contributed by atoms with E-state index in [1.807, 2.05) is 6.20 Å². The van der Waals surface area contributed by atoms with Crippen molar-refractivity contribution in [1.82, 2.24) is 9.88 Å². The summed E-state index contributed by atoms with van der Waals surface area (Å²) in [6.07, 6.45) is 3.98. The lowest BCUT2D eigenvalue weighted by Crippen LogP contribution is -2.46. The molecule has 2 fully saturated rings. The first-order chi connectivity index (χ1) is 13.7. The van der Waals surface area contributed by atoms with Crippen molar-refractivity contribution in [3.8, 4) is 0 Å². The van der Waals surface area contributed by atoms with Gasteiger partial charge in [0, 0.05) is 51.2 Å². The number of nitrogens with one attached hydrogen (secondary N) is 1. The minimum absolute atomic E-state index is 0.0273. The second kappa shape index (κ2) is 7.09. The van der Waals surface area contributed by atoms with E-state index in [0.29, 0.717) is 0 Å². The van der Waals surface area contributed by atoms with Gasteiger partial charge in [0.15, 0.2) is 5.82 Å². The number of pyridine rings is 1. The van der Waals surface area contributed by atoms with Crippen molar-refractivity contribution in [2.24, 2.45) is 0 Å². The molecule has 2 saturated heterocycles. The zero-order valence-electron chi connectivity index (χ0n) is 16.4. The SMILES string of the molecule is Cc1cccc(N2CCN(Cc3cnc4c(c3)NC(=O)C3CCCN43)CC2)c1. The van der Waals surface area contributed by atoms with Crippen molar-refractivity contribution < 1.29 is 4.79 Å². The van der Waals surface area contributed by atoms with Crippen LogP contribution in [0.15, 0.2) is 36.5 Å². The summed E-state index contributed by atoms with van der Waals surface area (Å²) in [7, 11) is 0. The van der Waals surface area contributed by atoms with E-state index in [1.165, 1.54) is 16.8 Å². The molecule has 4 heterocycles. The predicted molar refractivity (Wildman–Crippen MR) is 112 cm³/mol. The zero-order valence-corrected chi connectivity index (χ0v) is 16.4. The van der Waals surface area contributed by atoms with Crippen LogP contribution in [-0.4, -0.2) is 54.6 Å². The highest BCUT2D eigenvalue weighted by Gasteiger charge is 2.37. The minimum Gasteiger partial charge on any atom is -0.369 e. The van der Waals surface area contributed by atoms with Gasteiger partial charge < -0.3 is 15.1 Å². The lowest BCUT2D eigenvalue weighted by molar-refractivity contribution is -0.117. The monoisotopic (exact) mass is 377 g/mol. The first-order valence-corrected chi connectivity index (χ1v) is 10.3. The fourth-order valence-electron chi connectivity index (χ4n) is 4.66.